The molecule has 0 saturated heterocycles. The number of ether oxygens (including phenoxy) is 3. The van der Waals surface area contributed by atoms with Gasteiger partial charge in [0.25, 0.3) is 0 Å². The topological polar surface area (TPSA) is 108 Å². The van der Waals surface area contributed by atoms with Gasteiger partial charge in [0.2, 0.25) is 15.8 Å². The van der Waals surface area contributed by atoms with Crippen LogP contribution in [0.3, 0.4) is 0 Å². The average molecular weight is 489 g/mol. The first kappa shape index (κ1) is 26.1. The number of methoxy groups -OCH3 is 2. The second kappa shape index (κ2) is 10.7. The third kappa shape index (κ3) is 6.93. The second-order valence-corrected chi connectivity index (χ2v) is 8.50. The van der Waals surface area contributed by atoms with Gasteiger partial charge in [0.15, 0.2) is 6.10 Å². The van der Waals surface area contributed by atoms with Crippen molar-refractivity contribution in [1.82, 2.24) is 4.72 Å². The number of carbonyl (C=O) groups excluding carboxylic acids is 2. The lowest BCUT2D eigenvalue weighted by atomic mass is 10.1. The molecule has 0 aromatic heterocycles. The van der Waals surface area contributed by atoms with Gasteiger partial charge in [-0.1, -0.05) is 6.07 Å². The Morgan fingerprint density at radius 2 is 1.76 bits per heavy atom. The number of benzene rings is 2. The zero-order chi connectivity index (χ0) is 24.8. The number of Topliss-reactive ketones (excluding diaryl/α,β-unsaturated/α-hetero) is 1. The Labute approximate surface area is 188 Å². The highest BCUT2D eigenvalue weighted by molar-refractivity contribution is 7.89. The summed E-state index contributed by atoms with van der Waals surface area (Å²) in [4.78, 5) is 24.0. The van der Waals surface area contributed by atoms with Crippen LogP contribution in [0.15, 0.2) is 47.4 Å². The monoisotopic (exact) mass is 489 g/mol. The summed E-state index contributed by atoms with van der Waals surface area (Å²) < 4.78 is 80.1. The fraction of sp³-hybridized carbons (Fsp3) is 0.333. The number of hydrogen-bond acceptors (Lipinski definition) is 7. The van der Waals surface area contributed by atoms with E-state index in [9.17, 15) is 31.2 Å². The van der Waals surface area contributed by atoms with Gasteiger partial charge in [0, 0.05) is 12.6 Å². The maximum absolute atomic E-state index is 12.8. The number of alkyl halides is 3. The van der Waals surface area contributed by atoms with Gasteiger partial charge in [-0.15, -0.1) is 0 Å². The largest absolute Gasteiger partial charge is 0.497 e. The van der Waals surface area contributed by atoms with Crippen LogP contribution in [0.5, 0.6) is 11.5 Å². The molecule has 0 unspecified atom stereocenters. The van der Waals surface area contributed by atoms with E-state index in [1.165, 1.54) is 39.3 Å². The van der Waals surface area contributed by atoms with Crippen LogP contribution in [0.2, 0.25) is 0 Å². The van der Waals surface area contributed by atoms with E-state index >= 15 is 0 Å². The van der Waals surface area contributed by atoms with E-state index in [1.807, 2.05) is 4.72 Å². The van der Waals surface area contributed by atoms with Crippen molar-refractivity contribution < 1.29 is 45.4 Å². The summed E-state index contributed by atoms with van der Waals surface area (Å²) >= 11 is 0. The summed E-state index contributed by atoms with van der Waals surface area (Å²) in [6, 6.07) is 7.67. The van der Waals surface area contributed by atoms with Crippen LogP contribution in [-0.4, -0.2) is 47.0 Å². The maximum Gasteiger partial charge on any atom is 0.416 e. The van der Waals surface area contributed by atoms with Crippen LogP contribution in [0.25, 0.3) is 0 Å². The number of sulfonamides is 1. The predicted octanol–water partition coefficient (Wildman–Crippen LogP) is 3.21. The number of hydrogen-bond donors (Lipinski definition) is 1. The predicted molar refractivity (Wildman–Crippen MR) is 111 cm³/mol. The van der Waals surface area contributed by atoms with Crippen molar-refractivity contribution in [2.24, 2.45) is 0 Å². The summed E-state index contributed by atoms with van der Waals surface area (Å²) in [7, 11) is -1.49. The molecule has 2 aromatic carbocycles. The smallest absolute Gasteiger partial charge is 0.416 e. The van der Waals surface area contributed by atoms with Crippen molar-refractivity contribution in [3.63, 3.8) is 0 Å². The Morgan fingerprint density at radius 1 is 1.06 bits per heavy atom. The molecule has 33 heavy (non-hydrogen) atoms. The van der Waals surface area contributed by atoms with Gasteiger partial charge >= 0.3 is 12.1 Å². The molecule has 0 saturated carbocycles. The Kier molecular flexibility index (Phi) is 8.45. The van der Waals surface area contributed by atoms with Gasteiger partial charge in [0.05, 0.1) is 36.7 Å². The van der Waals surface area contributed by atoms with Crippen molar-refractivity contribution in [2.45, 2.75) is 30.5 Å². The SMILES string of the molecule is COc1ccc(C(=O)[C@H](C)OC(=O)CCNS(=O)(=O)c2cccc(C(F)(F)F)c2)c(OC)c1. The zero-order valence-corrected chi connectivity index (χ0v) is 18.7. The number of ketones is 1. The third-order valence-electron chi connectivity index (χ3n) is 4.44. The highest BCUT2D eigenvalue weighted by atomic mass is 32.2. The average Bonchev–Trinajstić information content (AvgIpc) is 2.77. The van der Waals surface area contributed by atoms with Gasteiger partial charge in [-0.2, -0.15) is 13.2 Å². The van der Waals surface area contributed by atoms with Crippen LogP contribution >= 0.6 is 0 Å². The molecule has 0 bridgehead atoms. The molecule has 1 atom stereocenters. The second-order valence-electron chi connectivity index (χ2n) is 6.74. The van der Waals surface area contributed by atoms with Crippen LogP contribution < -0.4 is 14.2 Å². The minimum absolute atomic E-state index is 0.156. The molecule has 0 amide bonds. The Morgan fingerprint density at radius 3 is 2.36 bits per heavy atom. The molecule has 0 fully saturated rings. The Bertz CT molecular complexity index is 1120. The summed E-state index contributed by atoms with van der Waals surface area (Å²) in [6.45, 7) is 0.904. The maximum atomic E-state index is 12.8. The number of halogens is 3. The minimum Gasteiger partial charge on any atom is -0.497 e. The molecular weight excluding hydrogens is 467 g/mol. The molecule has 8 nitrogen and oxygen atoms in total. The lowest BCUT2D eigenvalue weighted by Crippen LogP contribution is -2.29. The van der Waals surface area contributed by atoms with Crippen LogP contribution in [-0.2, 0) is 25.7 Å². The molecule has 2 aromatic rings. The van der Waals surface area contributed by atoms with E-state index < -0.39 is 57.5 Å². The summed E-state index contributed by atoms with van der Waals surface area (Å²) in [5.41, 5.74) is -0.963. The summed E-state index contributed by atoms with van der Waals surface area (Å²) in [5, 5.41) is 0. The molecule has 2 rings (SSSR count). The van der Waals surface area contributed by atoms with E-state index in [1.54, 1.807) is 0 Å². The first-order valence-corrected chi connectivity index (χ1v) is 11.0. The quantitative estimate of drug-likeness (QED) is 0.403. The van der Waals surface area contributed by atoms with E-state index in [0.29, 0.717) is 11.8 Å². The fourth-order valence-corrected chi connectivity index (χ4v) is 3.82. The normalized spacial score (nSPS) is 12.7. The Balaban J connectivity index is 1.96. The van der Waals surface area contributed by atoms with Gasteiger partial charge < -0.3 is 14.2 Å². The summed E-state index contributed by atoms with van der Waals surface area (Å²) in [5.74, 6) is -0.750. The molecule has 1 N–H and O–H groups in total. The van der Waals surface area contributed by atoms with Gasteiger partial charge in [-0.05, 0) is 37.3 Å². The molecule has 0 aliphatic heterocycles. The molecule has 0 spiro atoms. The van der Waals surface area contributed by atoms with Crippen LogP contribution in [0, 0.1) is 0 Å². The molecular formula is C21H22F3NO7S. The fourth-order valence-electron chi connectivity index (χ4n) is 2.74. The van der Waals surface area contributed by atoms with E-state index in [0.717, 1.165) is 18.2 Å². The molecule has 12 heteroatoms. The molecule has 0 aliphatic carbocycles. The highest BCUT2D eigenvalue weighted by Crippen LogP contribution is 2.30. The Hall–Kier alpha value is -3.12. The minimum atomic E-state index is -4.70. The van der Waals surface area contributed by atoms with Crippen molar-refractivity contribution in [2.75, 3.05) is 20.8 Å². The van der Waals surface area contributed by atoms with Crippen LogP contribution in [0.4, 0.5) is 13.2 Å². The lowest BCUT2D eigenvalue weighted by Gasteiger charge is -2.15. The number of rotatable bonds is 10. The standard InChI is InChI=1S/C21H22F3NO7S/c1-13(20(27)17-8-7-15(30-2)12-18(17)31-3)32-19(26)9-10-25-33(28,29)16-6-4-5-14(11-16)21(22,23)24/h4-8,11-13,25H,9-10H2,1-3H3/t13-/m0/s1. The summed E-state index contributed by atoms with van der Waals surface area (Å²) in [6.07, 6.45) is -6.35. The lowest BCUT2D eigenvalue weighted by molar-refractivity contribution is -0.146. The number of esters is 1. The molecule has 0 radical (unpaired) electrons. The van der Waals surface area contributed by atoms with Gasteiger partial charge in [-0.25, -0.2) is 13.1 Å². The first-order valence-electron chi connectivity index (χ1n) is 9.51. The van der Waals surface area contributed by atoms with E-state index in [2.05, 4.69) is 0 Å². The van der Waals surface area contributed by atoms with E-state index in [-0.39, 0.29) is 11.3 Å². The first-order chi connectivity index (χ1) is 15.4. The number of carbonyl (C=O) groups is 2. The zero-order valence-electron chi connectivity index (χ0n) is 17.9. The van der Waals surface area contributed by atoms with Gasteiger partial charge in [-0.3, -0.25) is 9.59 Å². The van der Waals surface area contributed by atoms with Gasteiger partial charge in [0.1, 0.15) is 11.5 Å². The molecule has 0 heterocycles. The van der Waals surface area contributed by atoms with Crippen molar-refractivity contribution in [3.8, 4) is 11.5 Å². The highest BCUT2D eigenvalue weighted by Gasteiger charge is 2.31. The van der Waals surface area contributed by atoms with E-state index in [4.69, 9.17) is 14.2 Å². The van der Waals surface area contributed by atoms with Crippen LogP contribution in [0.1, 0.15) is 29.3 Å². The third-order valence-corrected chi connectivity index (χ3v) is 5.90. The molecule has 0 aliphatic rings. The van der Waals surface area contributed by atoms with Crippen molar-refractivity contribution >= 4 is 21.8 Å². The van der Waals surface area contributed by atoms with Crippen molar-refractivity contribution in [3.05, 3.63) is 53.6 Å². The number of nitrogens with one attached hydrogen (secondary N) is 1. The molecule has 180 valence electrons. The van der Waals surface area contributed by atoms with Crippen molar-refractivity contribution in [1.29, 1.82) is 0 Å².